The number of rotatable bonds is 6. The van der Waals surface area contributed by atoms with E-state index < -0.39 is 0 Å². The molecule has 0 spiro atoms. The van der Waals surface area contributed by atoms with Crippen LogP contribution in [0.4, 0.5) is 0 Å². The van der Waals surface area contributed by atoms with Crippen molar-refractivity contribution in [3.05, 3.63) is 83.4 Å². The van der Waals surface area contributed by atoms with Gasteiger partial charge >= 0.3 is 0 Å². The number of benzene rings is 3. The summed E-state index contributed by atoms with van der Waals surface area (Å²) in [5, 5.41) is 5.58. The Morgan fingerprint density at radius 3 is 2.11 bits per heavy atom. The summed E-state index contributed by atoms with van der Waals surface area (Å²) in [5.41, 5.74) is 3.56. The first-order valence-corrected chi connectivity index (χ1v) is 9.81. The summed E-state index contributed by atoms with van der Waals surface area (Å²) < 4.78 is 0. The van der Waals surface area contributed by atoms with E-state index >= 15 is 0 Å². The summed E-state index contributed by atoms with van der Waals surface area (Å²) >= 11 is 0. The van der Waals surface area contributed by atoms with Crippen molar-refractivity contribution in [2.24, 2.45) is 5.92 Å². The fourth-order valence-corrected chi connectivity index (χ4v) is 3.57. The van der Waals surface area contributed by atoms with Crippen LogP contribution >= 0.6 is 0 Å². The lowest BCUT2D eigenvalue weighted by Gasteiger charge is -2.23. The van der Waals surface area contributed by atoms with E-state index in [0.717, 1.165) is 10.9 Å². The second-order valence-corrected chi connectivity index (χ2v) is 7.93. The molecule has 0 unspecified atom stereocenters. The maximum absolute atomic E-state index is 12.8. The highest BCUT2D eigenvalue weighted by molar-refractivity contribution is 5.90. The highest BCUT2D eigenvalue weighted by Crippen LogP contribution is 2.25. The Morgan fingerprint density at radius 1 is 0.815 bits per heavy atom. The van der Waals surface area contributed by atoms with Gasteiger partial charge in [0.05, 0.1) is 12.5 Å². The van der Waals surface area contributed by atoms with Crippen LogP contribution in [-0.2, 0) is 11.2 Å². The number of carbonyl (C=O) groups excluding carboxylic acids is 1. The molecule has 3 rings (SSSR count). The van der Waals surface area contributed by atoms with Gasteiger partial charge in [0.2, 0.25) is 5.91 Å². The molecule has 1 atom stereocenters. The fourth-order valence-electron chi connectivity index (χ4n) is 3.57. The molecule has 0 bridgehead atoms. The van der Waals surface area contributed by atoms with Crippen LogP contribution in [0.3, 0.4) is 0 Å². The van der Waals surface area contributed by atoms with Crippen LogP contribution in [0.15, 0.2) is 66.7 Å². The molecule has 0 saturated carbocycles. The maximum atomic E-state index is 12.8. The van der Waals surface area contributed by atoms with Crippen LogP contribution in [0.25, 0.3) is 10.8 Å². The molecule has 0 aliphatic rings. The Balaban J connectivity index is 1.77. The number of nitrogens with one attached hydrogen (secondary N) is 1. The van der Waals surface area contributed by atoms with Gasteiger partial charge in [-0.25, -0.2) is 0 Å². The highest BCUT2D eigenvalue weighted by Gasteiger charge is 2.19. The van der Waals surface area contributed by atoms with Gasteiger partial charge in [0.1, 0.15) is 0 Å². The predicted molar refractivity (Wildman–Crippen MR) is 114 cm³/mol. The summed E-state index contributed by atoms with van der Waals surface area (Å²) in [5.74, 6) is 0.904. The zero-order valence-electron chi connectivity index (χ0n) is 16.7. The monoisotopic (exact) mass is 359 g/mol. The van der Waals surface area contributed by atoms with Crippen LogP contribution in [0.2, 0.25) is 0 Å². The molecule has 0 aliphatic carbocycles. The fraction of sp³-hybridized carbons (Fsp3) is 0.320. The molecule has 0 aromatic heterocycles. The third-order valence-corrected chi connectivity index (χ3v) is 5.18. The standard InChI is InChI=1S/C25H29NO/c1-17(2)19-12-14-21(15-13-19)25(18(3)4)26-24(27)16-22-10-7-9-20-8-5-6-11-23(20)22/h5-15,17-18,25H,16H2,1-4H3,(H,26,27)/t25-/m0/s1. The van der Waals surface area contributed by atoms with E-state index in [-0.39, 0.29) is 11.9 Å². The van der Waals surface area contributed by atoms with E-state index in [1.165, 1.54) is 16.5 Å². The van der Waals surface area contributed by atoms with E-state index in [9.17, 15) is 4.79 Å². The van der Waals surface area contributed by atoms with Crippen LogP contribution in [-0.4, -0.2) is 5.91 Å². The van der Waals surface area contributed by atoms with Crippen LogP contribution in [0.5, 0.6) is 0 Å². The zero-order chi connectivity index (χ0) is 19.4. The summed E-state index contributed by atoms with van der Waals surface area (Å²) in [4.78, 5) is 12.8. The first kappa shape index (κ1) is 19.2. The summed E-state index contributed by atoms with van der Waals surface area (Å²) in [6.07, 6.45) is 0.397. The molecule has 1 amide bonds. The van der Waals surface area contributed by atoms with Gasteiger partial charge in [-0.2, -0.15) is 0 Å². The van der Waals surface area contributed by atoms with E-state index in [4.69, 9.17) is 0 Å². The van der Waals surface area contributed by atoms with Crippen molar-refractivity contribution >= 4 is 16.7 Å². The van der Waals surface area contributed by atoms with E-state index in [1.807, 2.05) is 24.3 Å². The van der Waals surface area contributed by atoms with E-state index in [1.54, 1.807) is 0 Å². The van der Waals surface area contributed by atoms with Gasteiger partial charge in [0.25, 0.3) is 0 Å². The molecule has 0 radical (unpaired) electrons. The Morgan fingerprint density at radius 2 is 1.44 bits per heavy atom. The molecule has 3 aromatic rings. The van der Waals surface area contributed by atoms with E-state index in [2.05, 4.69) is 75.5 Å². The van der Waals surface area contributed by atoms with Crippen molar-refractivity contribution in [2.75, 3.05) is 0 Å². The molecule has 2 heteroatoms. The summed E-state index contributed by atoms with van der Waals surface area (Å²) in [6.45, 7) is 8.69. The van der Waals surface area contributed by atoms with Crippen molar-refractivity contribution < 1.29 is 4.79 Å². The molecular formula is C25H29NO. The SMILES string of the molecule is CC(C)c1ccc([C@@H](NC(=O)Cc2cccc3ccccc23)C(C)C)cc1. The Labute approximate surface area is 162 Å². The lowest BCUT2D eigenvalue weighted by molar-refractivity contribution is -0.121. The van der Waals surface area contributed by atoms with Crippen molar-refractivity contribution in [3.63, 3.8) is 0 Å². The molecule has 2 nitrogen and oxygen atoms in total. The van der Waals surface area contributed by atoms with Gasteiger partial charge in [-0.3, -0.25) is 4.79 Å². The van der Waals surface area contributed by atoms with Gasteiger partial charge < -0.3 is 5.32 Å². The smallest absolute Gasteiger partial charge is 0.224 e. The number of hydrogen-bond acceptors (Lipinski definition) is 1. The first-order chi connectivity index (χ1) is 13.0. The third-order valence-electron chi connectivity index (χ3n) is 5.18. The number of hydrogen-bond donors (Lipinski definition) is 1. The Bertz CT molecular complexity index is 904. The van der Waals surface area contributed by atoms with Crippen molar-refractivity contribution in [3.8, 4) is 0 Å². The second-order valence-electron chi connectivity index (χ2n) is 7.93. The zero-order valence-corrected chi connectivity index (χ0v) is 16.7. The molecule has 140 valence electrons. The van der Waals surface area contributed by atoms with Crippen molar-refractivity contribution in [2.45, 2.75) is 46.1 Å². The summed E-state index contributed by atoms with van der Waals surface area (Å²) in [6, 6.07) is 23.1. The molecule has 0 saturated heterocycles. The van der Waals surface area contributed by atoms with Gasteiger partial charge in [0.15, 0.2) is 0 Å². The second kappa shape index (κ2) is 8.39. The van der Waals surface area contributed by atoms with Crippen LogP contribution < -0.4 is 5.32 Å². The first-order valence-electron chi connectivity index (χ1n) is 9.81. The van der Waals surface area contributed by atoms with Crippen LogP contribution in [0, 0.1) is 5.92 Å². The lowest BCUT2D eigenvalue weighted by Crippen LogP contribution is -2.32. The van der Waals surface area contributed by atoms with E-state index in [0.29, 0.717) is 18.3 Å². The maximum Gasteiger partial charge on any atom is 0.224 e. The average molecular weight is 360 g/mol. The molecular weight excluding hydrogens is 330 g/mol. The number of amides is 1. The molecule has 0 fully saturated rings. The molecule has 1 N–H and O–H groups in total. The minimum absolute atomic E-state index is 0.0219. The molecule has 3 aromatic carbocycles. The normalized spacial score (nSPS) is 12.5. The van der Waals surface area contributed by atoms with Crippen molar-refractivity contribution in [1.82, 2.24) is 5.32 Å². The Hall–Kier alpha value is -2.61. The molecule has 0 heterocycles. The topological polar surface area (TPSA) is 29.1 Å². The van der Waals surface area contributed by atoms with Crippen molar-refractivity contribution in [1.29, 1.82) is 0 Å². The molecule has 0 aliphatic heterocycles. The minimum Gasteiger partial charge on any atom is -0.349 e. The van der Waals surface area contributed by atoms with Crippen LogP contribution in [0.1, 0.15) is 56.3 Å². The van der Waals surface area contributed by atoms with Gasteiger partial charge in [0, 0.05) is 0 Å². The number of fused-ring (bicyclic) bond motifs is 1. The average Bonchev–Trinajstić information content (AvgIpc) is 2.66. The highest BCUT2D eigenvalue weighted by atomic mass is 16.1. The summed E-state index contributed by atoms with van der Waals surface area (Å²) in [7, 11) is 0. The third kappa shape index (κ3) is 4.57. The van der Waals surface area contributed by atoms with Gasteiger partial charge in [-0.1, -0.05) is 94.4 Å². The van der Waals surface area contributed by atoms with Gasteiger partial charge in [-0.05, 0) is 39.3 Å². The molecule has 27 heavy (non-hydrogen) atoms. The quantitative estimate of drug-likeness (QED) is 0.573. The predicted octanol–water partition coefficient (Wildman–Crippen LogP) is 6.02. The lowest BCUT2D eigenvalue weighted by atomic mass is 9.93. The van der Waals surface area contributed by atoms with Gasteiger partial charge in [-0.15, -0.1) is 0 Å². The number of carbonyl (C=O) groups is 1. The Kier molecular flexibility index (Phi) is 5.95. The minimum atomic E-state index is 0.0219. The largest absolute Gasteiger partial charge is 0.349 e.